The van der Waals surface area contributed by atoms with Gasteiger partial charge in [0, 0.05) is 23.8 Å². The molecule has 7 nitrogen and oxygen atoms in total. The van der Waals surface area contributed by atoms with Crippen molar-refractivity contribution in [3.63, 3.8) is 0 Å². The Morgan fingerprint density at radius 1 is 0.641 bits per heavy atom. The summed E-state index contributed by atoms with van der Waals surface area (Å²) in [6.45, 7) is 16.4. The number of aryl methyl sites for hydroxylation is 6. The predicted molar refractivity (Wildman–Crippen MR) is 124 cm³/mol. The topological polar surface area (TPSA) is 118 Å². The summed E-state index contributed by atoms with van der Waals surface area (Å²) in [5.74, 6) is -6.01. The molecule has 1 aliphatic heterocycles. The fourth-order valence-corrected chi connectivity index (χ4v) is 3.67. The molecule has 39 heavy (non-hydrogen) atoms. The Balaban J connectivity index is 0. The van der Waals surface area contributed by atoms with Crippen LogP contribution in [0, 0.1) is 48.2 Å². The molecule has 1 heterocycles. The Labute approximate surface area is 235 Å². The molecule has 0 saturated heterocycles. The van der Waals surface area contributed by atoms with E-state index in [4.69, 9.17) is 19.8 Å². The quantitative estimate of drug-likeness (QED) is 0.363. The number of rotatable bonds is 2. The molecule has 2 N–H and O–H groups in total. The zero-order valence-electron chi connectivity index (χ0n) is 21.6. The van der Waals surface area contributed by atoms with Crippen LogP contribution in [0.2, 0.25) is 0 Å². The maximum atomic E-state index is 10.5. The second kappa shape index (κ2) is 14.9. The molecule has 0 fully saturated rings. The average Bonchev–Trinajstić information content (AvgIpc) is 3.14. The molecule has 0 bridgehead atoms. The predicted octanol–water partition coefficient (Wildman–Crippen LogP) is 3.10. The number of carboxylic acids is 2. The molecule has 0 aliphatic carbocycles. The van der Waals surface area contributed by atoms with Crippen molar-refractivity contribution in [2.24, 2.45) is 0 Å². The first-order chi connectivity index (χ1) is 16.7. The van der Waals surface area contributed by atoms with Gasteiger partial charge in [-0.3, -0.25) is 0 Å². The maximum absolute atomic E-state index is 10.5. The van der Waals surface area contributed by atoms with Gasteiger partial charge in [-0.15, -0.1) is 0 Å². The van der Waals surface area contributed by atoms with Crippen LogP contribution >= 0.6 is 0 Å². The van der Waals surface area contributed by atoms with Gasteiger partial charge in [0.2, 0.25) is 6.67 Å². The van der Waals surface area contributed by atoms with Crippen molar-refractivity contribution in [2.45, 2.75) is 53.9 Å². The minimum atomic E-state index is -5.19. The number of anilines is 2. The Morgan fingerprint density at radius 2 is 0.846 bits per heavy atom. The Hall–Kier alpha value is -3.08. The van der Waals surface area contributed by atoms with E-state index in [2.05, 4.69) is 94.7 Å². The maximum Gasteiger partial charge on any atom is 2.00 e. The van der Waals surface area contributed by atoms with E-state index in [1.807, 2.05) is 0 Å². The SMILES string of the molecule is Cc1cc(C)c(N2[C]N(c3c(C)cc(C)cc3C)C=C2)c(C)c1.O.O=C([O-])C(F)(F)F.O=C([O-])C(F)(F)F.[Pd+2]. The van der Waals surface area contributed by atoms with Crippen molar-refractivity contribution in [3.8, 4) is 0 Å². The van der Waals surface area contributed by atoms with Gasteiger partial charge in [-0.25, -0.2) is 0 Å². The summed E-state index contributed by atoms with van der Waals surface area (Å²) in [6, 6.07) is 8.90. The molecule has 0 aromatic heterocycles. The van der Waals surface area contributed by atoms with Gasteiger partial charge < -0.3 is 35.1 Å². The number of carbonyl (C=O) groups excluding carboxylic acids is 2. The Morgan fingerprint density at radius 3 is 1.03 bits per heavy atom. The first-order valence-corrected chi connectivity index (χ1v) is 10.5. The Kier molecular flexibility index (Phi) is 14.6. The molecule has 1 aliphatic rings. The van der Waals surface area contributed by atoms with Crippen LogP contribution in [0.25, 0.3) is 0 Å². The van der Waals surface area contributed by atoms with Crippen molar-refractivity contribution in [1.29, 1.82) is 0 Å². The summed E-state index contributed by atoms with van der Waals surface area (Å²) in [4.78, 5) is 21.8. The average molecular weight is 655 g/mol. The van der Waals surface area contributed by atoms with Crippen molar-refractivity contribution >= 4 is 23.3 Å². The van der Waals surface area contributed by atoms with Gasteiger partial charge in [0.05, 0.1) is 0 Å². The van der Waals surface area contributed by atoms with Crippen LogP contribution in [0.15, 0.2) is 36.7 Å². The van der Waals surface area contributed by atoms with E-state index in [-0.39, 0.29) is 25.9 Å². The van der Waals surface area contributed by atoms with Crippen molar-refractivity contribution in [3.05, 3.63) is 76.7 Å². The van der Waals surface area contributed by atoms with Crippen molar-refractivity contribution in [1.82, 2.24) is 0 Å². The molecule has 0 spiro atoms. The largest absolute Gasteiger partial charge is 2.00 e. The third kappa shape index (κ3) is 11.3. The van der Waals surface area contributed by atoms with Gasteiger partial charge in [0.15, 0.2) is 0 Å². The molecule has 218 valence electrons. The van der Waals surface area contributed by atoms with E-state index >= 15 is 0 Å². The number of hydrogen-bond acceptors (Lipinski definition) is 6. The molecular formula is C25H26F6N2O5Pd. The van der Waals surface area contributed by atoms with Crippen LogP contribution in [0.3, 0.4) is 0 Å². The van der Waals surface area contributed by atoms with Crippen LogP contribution in [0.1, 0.15) is 33.4 Å². The zero-order chi connectivity index (χ0) is 28.9. The normalized spacial score (nSPS) is 12.3. The van der Waals surface area contributed by atoms with Gasteiger partial charge >= 0.3 is 32.8 Å². The summed E-state index contributed by atoms with van der Waals surface area (Å²) in [7, 11) is 0. The monoisotopic (exact) mass is 654 g/mol. The number of hydrogen-bond donors (Lipinski definition) is 0. The minimum absolute atomic E-state index is 0. The van der Waals surface area contributed by atoms with E-state index in [0.717, 1.165) is 0 Å². The van der Waals surface area contributed by atoms with E-state index in [9.17, 15) is 26.3 Å². The number of halogens is 6. The number of aliphatic carboxylic acids is 2. The molecule has 0 saturated carbocycles. The zero-order valence-corrected chi connectivity index (χ0v) is 23.1. The number of carboxylic acid groups (broad SMARTS) is 2. The fraction of sp³-hybridized carbons (Fsp3) is 0.320. The van der Waals surface area contributed by atoms with Crippen LogP contribution in [0.4, 0.5) is 37.7 Å². The molecule has 3 rings (SSSR count). The summed E-state index contributed by atoms with van der Waals surface area (Å²) in [5.41, 5.74) is 10.1. The smallest absolute Gasteiger partial charge is 0.542 e. The molecule has 14 heteroatoms. The van der Waals surface area contributed by atoms with Crippen LogP contribution in [-0.4, -0.2) is 29.8 Å². The standard InChI is InChI=1S/C21H24N2.2C2HF3O2.H2O.Pd/c1-14-9-16(3)20(17(4)10-14)22-7-8-23(13-22)21-18(5)11-15(2)12-19(21)6;2*3-2(4,5)1(6)7;;/h7-12H,1-6H3;2*(H,6,7);1H2;/q;;;;+2/p-2. The van der Waals surface area contributed by atoms with Crippen LogP contribution in [0.5, 0.6) is 0 Å². The van der Waals surface area contributed by atoms with E-state index in [1.165, 1.54) is 44.8 Å². The van der Waals surface area contributed by atoms with Crippen LogP contribution in [-0.2, 0) is 30.0 Å². The summed E-state index contributed by atoms with van der Waals surface area (Å²) < 4.78 is 63.1. The number of carbonyl (C=O) groups is 2. The third-order valence-corrected chi connectivity index (χ3v) is 4.80. The van der Waals surface area contributed by atoms with Gasteiger partial charge in [-0.2, -0.15) is 26.3 Å². The molecule has 0 amide bonds. The first-order valence-electron chi connectivity index (χ1n) is 10.5. The summed E-state index contributed by atoms with van der Waals surface area (Å²) >= 11 is 0. The van der Waals surface area contributed by atoms with Crippen LogP contribution < -0.4 is 20.0 Å². The van der Waals surface area contributed by atoms with Gasteiger partial charge in [-0.05, 0) is 63.8 Å². The molecule has 0 atom stereocenters. The molecule has 2 aromatic rings. The Bertz CT molecular complexity index is 1050. The van der Waals surface area contributed by atoms with Crippen molar-refractivity contribution in [2.75, 3.05) is 9.80 Å². The number of alkyl halides is 6. The second-order valence-electron chi connectivity index (χ2n) is 8.20. The molecule has 2 radical (unpaired) electrons. The van der Waals surface area contributed by atoms with Gasteiger partial charge in [0.25, 0.3) is 0 Å². The molecule has 0 unspecified atom stereocenters. The first kappa shape index (κ1) is 38.1. The fourth-order valence-electron chi connectivity index (χ4n) is 3.67. The third-order valence-electron chi connectivity index (χ3n) is 4.80. The second-order valence-corrected chi connectivity index (χ2v) is 8.20. The minimum Gasteiger partial charge on any atom is -0.542 e. The van der Waals surface area contributed by atoms with Gasteiger partial charge in [-0.1, -0.05) is 35.4 Å². The summed E-state index contributed by atoms with van der Waals surface area (Å²) in [5, 5.41) is 17.6. The van der Waals surface area contributed by atoms with E-state index in [1.54, 1.807) is 0 Å². The molecular weight excluding hydrogens is 629 g/mol. The number of nitrogens with zero attached hydrogens (tertiary/aromatic N) is 2. The van der Waals surface area contributed by atoms with E-state index < -0.39 is 24.3 Å². The van der Waals surface area contributed by atoms with E-state index in [0.29, 0.717) is 0 Å². The van der Waals surface area contributed by atoms with Crippen molar-refractivity contribution < 1.29 is 72.0 Å². The van der Waals surface area contributed by atoms with Gasteiger partial charge in [0.1, 0.15) is 11.9 Å². The summed E-state index contributed by atoms with van der Waals surface area (Å²) in [6.07, 6.45) is -6.22. The number of benzene rings is 2. The molecule has 2 aromatic carbocycles.